The van der Waals surface area contributed by atoms with Gasteiger partial charge in [-0.2, -0.15) is 17.5 Å². The second-order valence-electron chi connectivity index (χ2n) is 6.98. The Balaban J connectivity index is 1.87. The Bertz CT molecular complexity index is 1010. The molecule has 10 heteroatoms. The van der Waals surface area contributed by atoms with Crippen molar-refractivity contribution in [1.29, 1.82) is 0 Å². The van der Waals surface area contributed by atoms with Crippen molar-refractivity contribution in [2.75, 3.05) is 13.1 Å². The largest absolute Gasteiger partial charge is 0.416 e. The van der Waals surface area contributed by atoms with Crippen LogP contribution in [0.5, 0.6) is 0 Å². The maximum absolute atomic E-state index is 13.1. The Kier molecular flexibility index (Phi) is 6.21. The Morgan fingerprint density at radius 1 is 1.07 bits per heavy atom. The number of halogens is 3. The zero-order chi connectivity index (χ0) is 22.1. The van der Waals surface area contributed by atoms with E-state index in [1.807, 2.05) is 0 Å². The summed E-state index contributed by atoms with van der Waals surface area (Å²) in [6, 6.07) is 9.36. The van der Waals surface area contributed by atoms with Crippen LogP contribution < -0.4 is 0 Å². The summed E-state index contributed by atoms with van der Waals surface area (Å²) in [5.41, 5.74) is 0.308. The SMILES string of the molecule is CCCN([C@H]1CCN(O)C1=O)S(=O)(=O)c1ccc(-c2ccc(C(F)(F)F)cc2)cc1. The molecule has 2 aromatic carbocycles. The molecule has 1 atom stereocenters. The van der Waals surface area contributed by atoms with Gasteiger partial charge in [0.2, 0.25) is 10.0 Å². The normalized spacial score (nSPS) is 17.7. The van der Waals surface area contributed by atoms with Crippen LogP contribution in [-0.2, 0) is 21.0 Å². The molecule has 0 spiro atoms. The topological polar surface area (TPSA) is 77.9 Å². The van der Waals surface area contributed by atoms with Crippen LogP contribution in [0.3, 0.4) is 0 Å². The Morgan fingerprint density at radius 2 is 1.60 bits per heavy atom. The summed E-state index contributed by atoms with van der Waals surface area (Å²) >= 11 is 0. The van der Waals surface area contributed by atoms with Crippen molar-refractivity contribution in [3.63, 3.8) is 0 Å². The van der Waals surface area contributed by atoms with Gasteiger partial charge in [-0.1, -0.05) is 31.2 Å². The number of hydrogen-bond donors (Lipinski definition) is 1. The van der Waals surface area contributed by atoms with Crippen molar-refractivity contribution in [2.24, 2.45) is 0 Å². The van der Waals surface area contributed by atoms with Crippen LogP contribution in [0.1, 0.15) is 25.3 Å². The van der Waals surface area contributed by atoms with Crippen LogP contribution in [0, 0.1) is 0 Å². The molecule has 0 aromatic heterocycles. The number of benzene rings is 2. The van der Waals surface area contributed by atoms with Gasteiger partial charge in [-0.3, -0.25) is 10.0 Å². The number of sulfonamides is 1. The number of carbonyl (C=O) groups is 1. The Hall–Kier alpha value is -2.43. The van der Waals surface area contributed by atoms with Crippen LogP contribution in [-0.4, -0.2) is 48.0 Å². The molecule has 1 aliphatic rings. The van der Waals surface area contributed by atoms with E-state index in [0.29, 0.717) is 22.6 Å². The van der Waals surface area contributed by atoms with Crippen molar-refractivity contribution in [3.05, 3.63) is 54.1 Å². The van der Waals surface area contributed by atoms with E-state index < -0.39 is 33.7 Å². The van der Waals surface area contributed by atoms with Crippen molar-refractivity contribution in [3.8, 4) is 11.1 Å². The van der Waals surface area contributed by atoms with Gasteiger partial charge in [0.25, 0.3) is 5.91 Å². The van der Waals surface area contributed by atoms with E-state index in [0.717, 1.165) is 16.4 Å². The lowest BCUT2D eigenvalue weighted by Crippen LogP contribution is -2.45. The second-order valence-corrected chi connectivity index (χ2v) is 8.87. The molecule has 2 aromatic rings. The summed E-state index contributed by atoms with van der Waals surface area (Å²) in [7, 11) is -4.00. The summed E-state index contributed by atoms with van der Waals surface area (Å²) in [5.74, 6) is -0.659. The van der Waals surface area contributed by atoms with Gasteiger partial charge in [0.1, 0.15) is 6.04 Å². The maximum Gasteiger partial charge on any atom is 0.416 e. The van der Waals surface area contributed by atoms with Crippen molar-refractivity contribution < 1.29 is 31.6 Å². The fraction of sp³-hybridized carbons (Fsp3) is 0.350. The number of alkyl halides is 3. The lowest BCUT2D eigenvalue weighted by molar-refractivity contribution is -0.159. The highest BCUT2D eigenvalue weighted by atomic mass is 32.2. The van der Waals surface area contributed by atoms with Gasteiger partial charge in [-0.25, -0.2) is 13.5 Å². The first-order chi connectivity index (χ1) is 14.1. The quantitative estimate of drug-likeness (QED) is 0.691. The van der Waals surface area contributed by atoms with Gasteiger partial charge in [0, 0.05) is 6.54 Å². The van der Waals surface area contributed by atoms with E-state index >= 15 is 0 Å². The van der Waals surface area contributed by atoms with Crippen LogP contribution in [0.25, 0.3) is 11.1 Å². The number of rotatable bonds is 6. The first kappa shape index (κ1) is 22.3. The first-order valence-corrected chi connectivity index (χ1v) is 10.8. The number of nitrogens with zero attached hydrogens (tertiary/aromatic N) is 2. The fourth-order valence-electron chi connectivity index (χ4n) is 3.39. The zero-order valence-corrected chi connectivity index (χ0v) is 16.9. The van der Waals surface area contributed by atoms with Crippen molar-refractivity contribution >= 4 is 15.9 Å². The third-order valence-corrected chi connectivity index (χ3v) is 6.87. The standard InChI is InChI=1S/C20H21F3N2O4S/c1-2-12-25(18-11-13-24(27)19(18)26)30(28,29)17-9-5-15(6-10-17)14-3-7-16(8-4-14)20(21,22)23/h3-10,18,27H,2,11-13H2,1H3/t18-/m0/s1. The van der Waals surface area contributed by atoms with E-state index in [1.54, 1.807) is 6.92 Å². The average Bonchev–Trinajstić information content (AvgIpc) is 3.04. The Morgan fingerprint density at radius 3 is 2.03 bits per heavy atom. The van der Waals surface area contributed by atoms with Gasteiger partial charge in [0.15, 0.2) is 0 Å². The van der Waals surface area contributed by atoms with E-state index in [1.165, 1.54) is 36.4 Å². The smallest absolute Gasteiger partial charge is 0.286 e. The summed E-state index contributed by atoms with van der Waals surface area (Å²) in [4.78, 5) is 12.1. The average molecular weight is 442 g/mol. The lowest BCUT2D eigenvalue weighted by Gasteiger charge is -2.26. The molecule has 6 nitrogen and oxygen atoms in total. The summed E-state index contributed by atoms with van der Waals surface area (Å²) in [6.07, 6.45) is -3.75. The van der Waals surface area contributed by atoms with Gasteiger partial charge in [0.05, 0.1) is 17.0 Å². The second kappa shape index (κ2) is 8.37. The van der Waals surface area contributed by atoms with Gasteiger partial charge >= 0.3 is 6.18 Å². The van der Waals surface area contributed by atoms with Crippen LogP contribution in [0.15, 0.2) is 53.4 Å². The third kappa shape index (κ3) is 4.35. The monoisotopic (exact) mass is 442 g/mol. The highest BCUT2D eigenvalue weighted by molar-refractivity contribution is 7.89. The first-order valence-electron chi connectivity index (χ1n) is 9.35. The number of amides is 1. The number of carbonyl (C=O) groups excluding carboxylic acids is 1. The van der Waals surface area contributed by atoms with Gasteiger partial charge < -0.3 is 0 Å². The molecule has 30 heavy (non-hydrogen) atoms. The molecule has 1 saturated heterocycles. The molecule has 1 fully saturated rings. The van der Waals surface area contributed by atoms with Crippen molar-refractivity contribution in [2.45, 2.75) is 36.9 Å². The molecular weight excluding hydrogens is 421 g/mol. The minimum absolute atomic E-state index is 0.0317. The molecule has 1 amide bonds. The van der Waals surface area contributed by atoms with E-state index in [-0.39, 0.29) is 24.4 Å². The molecule has 3 rings (SSSR count). The highest BCUT2D eigenvalue weighted by Gasteiger charge is 2.41. The van der Waals surface area contributed by atoms with Crippen LogP contribution in [0.2, 0.25) is 0 Å². The maximum atomic E-state index is 13.1. The molecular formula is C20H21F3N2O4S. The summed E-state index contributed by atoms with van der Waals surface area (Å²) < 4.78 is 65.5. The summed E-state index contributed by atoms with van der Waals surface area (Å²) in [5, 5.41) is 10.1. The van der Waals surface area contributed by atoms with E-state index in [2.05, 4.69) is 0 Å². The van der Waals surface area contributed by atoms with Gasteiger partial charge in [-0.05, 0) is 48.2 Å². The zero-order valence-electron chi connectivity index (χ0n) is 16.1. The molecule has 0 radical (unpaired) electrons. The molecule has 0 bridgehead atoms. The molecule has 1 aliphatic heterocycles. The Labute approximate surface area is 172 Å². The summed E-state index contributed by atoms with van der Waals surface area (Å²) in [6.45, 7) is 1.96. The third-order valence-electron chi connectivity index (χ3n) is 4.95. The predicted molar refractivity (Wildman–Crippen MR) is 103 cm³/mol. The molecule has 1 heterocycles. The number of hydrogen-bond acceptors (Lipinski definition) is 4. The van der Waals surface area contributed by atoms with E-state index in [9.17, 15) is 31.6 Å². The van der Waals surface area contributed by atoms with E-state index in [4.69, 9.17) is 0 Å². The minimum Gasteiger partial charge on any atom is -0.286 e. The molecule has 162 valence electrons. The van der Waals surface area contributed by atoms with Gasteiger partial charge in [-0.15, -0.1) is 0 Å². The van der Waals surface area contributed by atoms with Crippen LogP contribution in [0.4, 0.5) is 13.2 Å². The predicted octanol–water partition coefficient (Wildman–Crippen LogP) is 3.76. The molecule has 0 saturated carbocycles. The molecule has 0 unspecified atom stereocenters. The number of hydroxylamine groups is 2. The lowest BCUT2D eigenvalue weighted by atomic mass is 10.0. The van der Waals surface area contributed by atoms with Crippen LogP contribution >= 0.6 is 0 Å². The molecule has 1 N–H and O–H groups in total. The fourth-order valence-corrected chi connectivity index (χ4v) is 5.09. The molecule has 0 aliphatic carbocycles. The minimum atomic E-state index is -4.43. The van der Waals surface area contributed by atoms with Crippen molar-refractivity contribution in [1.82, 2.24) is 9.37 Å². The highest BCUT2D eigenvalue weighted by Crippen LogP contribution is 2.31.